The second-order valence-electron chi connectivity index (χ2n) is 6.88. The first-order chi connectivity index (χ1) is 11.9. The van der Waals surface area contributed by atoms with Crippen molar-refractivity contribution < 1.29 is 9.18 Å². The lowest BCUT2D eigenvalue weighted by molar-refractivity contribution is -0.133. The van der Waals surface area contributed by atoms with Crippen molar-refractivity contribution in [2.75, 3.05) is 24.7 Å². The Morgan fingerprint density at radius 1 is 1.12 bits per heavy atom. The van der Waals surface area contributed by atoms with Crippen molar-refractivity contribution in [2.45, 2.75) is 25.9 Å². The summed E-state index contributed by atoms with van der Waals surface area (Å²) >= 11 is 0. The molecule has 0 atom stereocenters. The zero-order chi connectivity index (χ0) is 18.0. The van der Waals surface area contributed by atoms with Crippen LogP contribution in [0.3, 0.4) is 0 Å². The summed E-state index contributed by atoms with van der Waals surface area (Å²) in [5.41, 5.74) is 9.62. The van der Waals surface area contributed by atoms with Crippen molar-refractivity contribution >= 4 is 17.3 Å². The number of amides is 1. The Morgan fingerprint density at radius 2 is 1.80 bits per heavy atom. The summed E-state index contributed by atoms with van der Waals surface area (Å²) in [7, 11) is 3.95. The average Bonchev–Trinajstić information content (AvgIpc) is 3.40. The Balaban J connectivity index is 1.86. The predicted molar refractivity (Wildman–Crippen MR) is 98.6 cm³/mol. The van der Waals surface area contributed by atoms with Crippen LogP contribution >= 0.6 is 0 Å². The second-order valence-corrected chi connectivity index (χ2v) is 6.88. The van der Waals surface area contributed by atoms with E-state index < -0.39 is 0 Å². The molecule has 1 aliphatic carbocycles. The van der Waals surface area contributed by atoms with E-state index in [0.29, 0.717) is 18.8 Å². The van der Waals surface area contributed by atoms with Crippen LogP contribution in [0.15, 0.2) is 42.5 Å². The third-order valence-corrected chi connectivity index (χ3v) is 4.47. The number of carbonyl (C=O) groups is 1. The van der Waals surface area contributed by atoms with Crippen LogP contribution in [0.25, 0.3) is 0 Å². The lowest BCUT2D eigenvalue weighted by Crippen LogP contribution is -2.32. The maximum atomic E-state index is 13.2. The van der Waals surface area contributed by atoms with E-state index in [1.54, 1.807) is 12.1 Å². The van der Waals surface area contributed by atoms with Gasteiger partial charge in [0, 0.05) is 44.5 Å². The Morgan fingerprint density at radius 3 is 2.40 bits per heavy atom. The molecule has 1 saturated carbocycles. The first-order valence-corrected chi connectivity index (χ1v) is 8.53. The molecule has 3 rings (SSSR count). The normalized spacial score (nSPS) is 13.6. The van der Waals surface area contributed by atoms with Gasteiger partial charge in [-0.2, -0.15) is 0 Å². The van der Waals surface area contributed by atoms with E-state index in [-0.39, 0.29) is 17.6 Å². The molecule has 1 fully saturated rings. The molecule has 0 radical (unpaired) electrons. The number of nitrogens with two attached hydrogens (primary N) is 1. The first-order valence-electron chi connectivity index (χ1n) is 8.53. The summed E-state index contributed by atoms with van der Waals surface area (Å²) in [6.45, 7) is 0.961. The van der Waals surface area contributed by atoms with E-state index in [0.717, 1.165) is 29.7 Å². The molecule has 1 amide bonds. The molecule has 4 nitrogen and oxygen atoms in total. The van der Waals surface area contributed by atoms with E-state index >= 15 is 0 Å². The van der Waals surface area contributed by atoms with Crippen molar-refractivity contribution in [1.82, 2.24) is 4.90 Å². The van der Waals surface area contributed by atoms with Crippen molar-refractivity contribution in [2.24, 2.45) is 5.92 Å². The largest absolute Gasteiger partial charge is 0.399 e. The number of anilines is 2. The Labute approximate surface area is 148 Å². The van der Waals surface area contributed by atoms with E-state index in [2.05, 4.69) is 0 Å². The van der Waals surface area contributed by atoms with Crippen LogP contribution in [0.1, 0.15) is 24.0 Å². The fourth-order valence-electron chi connectivity index (χ4n) is 2.98. The number of rotatable bonds is 6. The van der Waals surface area contributed by atoms with Crippen LogP contribution in [-0.4, -0.2) is 24.9 Å². The fraction of sp³-hybridized carbons (Fsp3) is 0.350. The van der Waals surface area contributed by atoms with Gasteiger partial charge in [-0.1, -0.05) is 12.1 Å². The monoisotopic (exact) mass is 341 g/mol. The van der Waals surface area contributed by atoms with Crippen molar-refractivity contribution in [1.29, 1.82) is 0 Å². The molecule has 2 N–H and O–H groups in total. The molecular formula is C20H24FN3O. The molecule has 2 aromatic rings. The highest BCUT2D eigenvalue weighted by molar-refractivity contribution is 5.81. The van der Waals surface area contributed by atoms with Gasteiger partial charge in [-0.25, -0.2) is 4.39 Å². The van der Waals surface area contributed by atoms with Gasteiger partial charge in [0.2, 0.25) is 5.91 Å². The summed E-state index contributed by atoms with van der Waals surface area (Å²) in [4.78, 5) is 16.6. The third kappa shape index (κ3) is 4.29. The number of halogens is 1. The van der Waals surface area contributed by atoms with Gasteiger partial charge in [0.05, 0.1) is 0 Å². The molecule has 0 aromatic heterocycles. The lowest BCUT2D eigenvalue weighted by Gasteiger charge is -2.26. The molecular weight excluding hydrogens is 317 g/mol. The van der Waals surface area contributed by atoms with E-state index in [4.69, 9.17) is 5.73 Å². The Kier molecular flexibility index (Phi) is 4.93. The molecule has 0 spiro atoms. The van der Waals surface area contributed by atoms with Gasteiger partial charge in [0.15, 0.2) is 0 Å². The molecule has 132 valence electrons. The molecule has 0 bridgehead atoms. The lowest BCUT2D eigenvalue weighted by atomic mass is 10.1. The van der Waals surface area contributed by atoms with Crippen LogP contribution in [-0.2, 0) is 17.9 Å². The number of nitrogen functional groups attached to an aromatic ring is 1. The van der Waals surface area contributed by atoms with Gasteiger partial charge in [0.25, 0.3) is 0 Å². The molecule has 2 aromatic carbocycles. The van der Waals surface area contributed by atoms with Crippen LogP contribution in [0, 0.1) is 11.7 Å². The van der Waals surface area contributed by atoms with Crippen LogP contribution < -0.4 is 10.6 Å². The summed E-state index contributed by atoms with van der Waals surface area (Å²) in [5.74, 6) is 0.0234. The average molecular weight is 341 g/mol. The van der Waals surface area contributed by atoms with E-state index in [9.17, 15) is 9.18 Å². The number of hydrogen-bond donors (Lipinski definition) is 1. The summed E-state index contributed by atoms with van der Waals surface area (Å²) in [6, 6.07) is 12.1. The molecule has 25 heavy (non-hydrogen) atoms. The van der Waals surface area contributed by atoms with Gasteiger partial charge < -0.3 is 15.5 Å². The number of hydrogen-bond acceptors (Lipinski definition) is 3. The smallest absolute Gasteiger partial charge is 0.226 e. The molecule has 1 aliphatic rings. The number of benzene rings is 2. The minimum absolute atomic E-state index is 0.129. The summed E-state index contributed by atoms with van der Waals surface area (Å²) in [6.07, 6.45) is 1.91. The highest BCUT2D eigenvalue weighted by Crippen LogP contribution is 2.33. The minimum Gasteiger partial charge on any atom is -0.399 e. The van der Waals surface area contributed by atoms with Crippen LogP contribution in [0.4, 0.5) is 15.8 Å². The maximum absolute atomic E-state index is 13.2. The Hall–Kier alpha value is -2.56. The zero-order valence-electron chi connectivity index (χ0n) is 14.7. The van der Waals surface area contributed by atoms with Crippen molar-refractivity contribution in [3.63, 3.8) is 0 Å². The third-order valence-electron chi connectivity index (χ3n) is 4.47. The van der Waals surface area contributed by atoms with Gasteiger partial charge in [-0.15, -0.1) is 0 Å². The van der Waals surface area contributed by atoms with Gasteiger partial charge in [-0.3, -0.25) is 4.79 Å². The highest BCUT2D eigenvalue weighted by atomic mass is 19.1. The molecule has 0 heterocycles. The molecule has 0 unspecified atom stereocenters. The second kappa shape index (κ2) is 7.13. The first kappa shape index (κ1) is 17.3. The van der Waals surface area contributed by atoms with Gasteiger partial charge in [-0.05, 0) is 54.3 Å². The topological polar surface area (TPSA) is 49.6 Å². The standard InChI is InChI=1S/C20H24FN3O/c1-23(2)19-10-9-18(22)11-16(19)13-24(20(25)15-5-6-15)12-14-3-7-17(21)8-4-14/h3-4,7-11,15H,5-6,12-13,22H2,1-2H3. The van der Waals surface area contributed by atoms with Gasteiger partial charge in [0.1, 0.15) is 5.82 Å². The minimum atomic E-state index is -0.269. The van der Waals surface area contributed by atoms with Gasteiger partial charge >= 0.3 is 0 Å². The quantitative estimate of drug-likeness (QED) is 0.819. The predicted octanol–water partition coefficient (Wildman–Crippen LogP) is 3.41. The van der Waals surface area contributed by atoms with Crippen LogP contribution in [0.2, 0.25) is 0 Å². The molecule has 5 heteroatoms. The number of carbonyl (C=O) groups excluding carboxylic acids is 1. The molecule has 0 saturated heterocycles. The molecule has 0 aliphatic heterocycles. The van der Waals surface area contributed by atoms with E-state index in [1.165, 1.54) is 12.1 Å². The number of nitrogens with zero attached hydrogens (tertiary/aromatic N) is 2. The van der Waals surface area contributed by atoms with Crippen molar-refractivity contribution in [3.8, 4) is 0 Å². The Bertz CT molecular complexity index is 754. The zero-order valence-corrected chi connectivity index (χ0v) is 14.7. The summed E-state index contributed by atoms with van der Waals surface area (Å²) < 4.78 is 13.2. The van der Waals surface area contributed by atoms with Crippen LogP contribution in [0.5, 0.6) is 0 Å². The fourth-order valence-corrected chi connectivity index (χ4v) is 2.98. The highest BCUT2D eigenvalue weighted by Gasteiger charge is 2.33. The summed E-state index contributed by atoms with van der Waals surface area (Å²) in [5, 5.41) is 0. The van der Waals surface area contributed by atoms with E-state index in [1.807, 2.05) is 42.1 Å². The van der Waals surface area contributed by atoms with Crippen molar-refractivity contribution in [3.05, 3.63) is 59.4 Å². The maximum Gasteiger partial charge on any atom is 0.226 e. The SMILES string of the molecule is CN(C)c1ccc(N)cc1CN(Cc1ccc(F)cc1)C(=O)C1CC1.